The van der Waals surface area contributed by atoms with E-state index in [1.165, 1.54) is 0 Å². The maximum absolute atomic E-state index is 12.3. The van der Waals surface area contributed by atoms with Crippen molar-refractivity contribution in [2.75, 3.05) is 12.4 Å². The van der Waals surface area contributed by atoms with Crippen LogP contribution in [0, 0.1) is 12.3 Å². The Morgan fingerprint density at radius 2 is 2.00 bits per heavy atom. The van der Waals surface area contributed by atoms with Crippen molar-refractivity contribution in [3.8, 4) is 18.1 Å². The van der Waals surface area contributed by atoms with Gasteiger partial charge in [-0.3, -0.25) is 0 Å². The minimum Gasteiger partial charge on any atom is -0.508 e. The van der Waals surface area contributed by atoms with E-state index >= 15 is 0 Å². The second kappa shape index (κ2) is 7.37. The number of rotatable bonds is 4. The number of urea groups is 1. The molecule has 2 aromatic rings. The lowest BCUT2D eigenvalue weighted by molar-refractivity contribution is 0.207. The van der Waals surface area contributed by atoms with Gasteiger partial charge in [0, 0.05) is 24.3 Å². The minimum absolute atomic E-state index is 0.00959. The number of anilines is 1. The number of carbonyl (C=O) groups is 1. The molecular weight excluding hydrogens is 288 g/mol. The van der Waals surface area contributed by atoms with Crippen molar-refractivity contribution in [3.63, 3.8) is 0 Å². The summed E-state index contributed by atoms with van der Waals surface area (Å²) < 4.78 is 0. The van der Waals surface area contributed by atoms with Crippen LogP contribution in [0.25, 0.3) is 0 Å². The highest BCUT2D eigenvalue weighted by Crippen LogP contribution is 2.15. The molecule has 0 aliphatic carbocycles. The van der Waals surface area contributed by atoms with Gasteiger partial charge in [-0.15, -0.1) is 6.42 Å². The number of nitrogens with one attached hydrogen (secondary N) is 1. The van der Waals surface area contributed by atoms with Crippen molar-refractivity contribution in [3.05, 3.63) is 59.7 Å². The van der Waals surface area contributed by atoms with Crippen LogP contribution in [0.2, 0.25) is 0 Å². The second-order valence-corrected chi connectivity index (χ2v) is 5.49. The van der Waals surface area contributed by atoms with Crippen LogP contribution in [0.5, 0.6) is 5.75 Å². The Hall–Kier alpha value is -2.93. The third-order valence-corrected chi connectivity index (χ3v) is 3.73. The average Bonchev–Trinajstić information content (AvgIpc) is 2.56. The molecule has 0 aliphatic rings. The Morgan fingerprint density at radius 3 is 2.65 bits per heavy atom. The number of phenols is 1. The van der Waals surface area contributed by atoms with Crippen molar-refractivity contribution in [1.29, 1.82) is 0 Å². The Morgan fingerprint density at radius 1 is 1.30 bits per heavy atom. The molecule has 2 N–H and O–H groups in total. The van der Waals surface area contributed by atoms with Crippen molar-refractivity contribution in [2.24, 2.45) is 0 Å². The highest BCUT2D eigenvalue weighted by molar-refractivity contribution is 5.89. The zero-order chi connectivity index (χ0) is 16.8. The van der Waals surface area contributed by atoms with E-state index in [0.29, 0.717) is 12.1 Å². The summed E-state index contributed by atoms with van der Waals surface area (Å²) in [6.07, 6.45) is 6.07. The molecule has 118 valence electrons. The molecule has 0 radical (unpaired) electrons. The Bertz CT molecular complexity index is 717. The second-order valence-electron chi connectivity index (χ2n) is 5.49. The number of aromatic hydroxyl groups is 1. The van der Waals surface area contributed by atoms with Crippen molar-refractivity contribution in [2.45, 2.75) is 19.4 Å². The molecule has 0 saturated heterocycles. The van der Waals surface area contributed by atoms with Gasteiger partial charge in [-0.1, -0.05) is 24.1 Å². The number of likely N-dealkylation sites (N-methyl/N-ethyl adjacent to an activating group) is 1. The number of carbonyl (C=O) groups excluding carboxylic acids is 1. The lowest BCUT2D eigenvalue weighted by Crippen LogP contribution is -2.39. The van der Waals surface area contributed by atoms with Gasteiger partial charge in [0.15, 0.2) is 0 Å². The van der Waals surface area contributed by atoms with E-state index in [-0.39, 0.29) is 17.8 Å². The van der Waals surface area contributed by atoms with Crippen LogP contribution in [0.4, 0.5) is 10.5 Å². The smallest absolute Gasteiger partial charge is 0.321 e. The maximum Gasteiger partial charge on any atom is 0.321 e. The van der Waals surface area contributed by atoms with Crippen molar-refractivity contribution < 1.29 is 9.90 Å². The predicted octanol–water partition coefficient (Wildman–Crippen LogP) is 3.47. The van der Waals surface area contributed by atoms with E-state index in [9.17, 15) is 9.90 Å². The summed E-state index contributed by atoms with van der Waals surface area (Å²) >= 11 is 0. The van der Waals surface area contributed by atoms with Gasteiger partial charge >= 0.3 is 6.03 Å². The van der Waals surface area contributed by atoms with Crippen LogP contribution in [0.3, 0.4) is 0 Å². The maximum atomic E-state index is 12.3. The number of amides is 2. The topological polar surface area (TPSA) is 52.6 Å². The van der Waals surface area contributed by atoms with Gasteiger partial charge in [-0.05, 0) is 49.2 Å². The van der Waals surface area contributed by atoms with Gasteiger partial charge in [-0.2, -0.15) is 0 Å². The minimum atomic E-state index is -0.189. The first-order chi connectivity index (χ1) is 11.0. The largest absolute Gasteiger partial charge is 0.508 e. The van der Waals surface area contributed by atoms with E-state index in [4.69, 9.17) is 6.42 Å². The van der Waals surface area contributed by atoms with Gasteiger partial charge < -0.3 is 15.3 Å². The molecule has 1 unspecified atom stereocenters. The van der Waals surface area contributed by atoms with Gasteiger partial charge in [0.25, 0.3) is 0 Å². The van der Waals surface area contributed by atoms with Gasteiger partial charge in [-0.25, -0.2) is 4.79 Å². The van der Waals surface area contributed by atoms with Crippen LogP contribution >= 0.6 is 0 Å². The molecule has 4 heteroatoms. The first kappa shape index (κ1) is 16.4. The summed E-state index contributed by atoms with van der Waals surface area (Å²) in [6, 6.07) is 14.0. The Labute approximate surface area is 136 Å². The fourth-order valence-electron chi connectivity index (χ4n) is 2.21. The fraction of sp³-hybridized carbons (Fsp3) is 0.211. The first-order valence-electron chi connectivity index (χ1n) is 7.38. The molecule has 0 spiro atoms. The van der Waals surface area contributed by atoms with E-state index in [0.717, 1.165) is 11.1 Å². The van der Waals surface area contributed by atoms with Crippen LogP contribution in [-0.2, 0) is 6.42 Å². The Kier molecular flexibility index (Phi) is 5.27. The van der Waals surface area contributed by atoms with E-state index in [1.54, 1.807) is 36.2 Å². The van der Waals surface area contributed by atoms with Crippen molar-refractivity contribution in [1.82, 2.24) is 4.90 Å². The molecule has 23 heavy (non-hydrogen) atoms. The highest BCUT2D eigenvalue weighted by atomic mass is 16.3. The molecule has 4 nitrogen and oxygen atoms in total. The number of phenolic OH excluding ortho intramolecular Hbond substituents is 1. The summed E-state index contributed by atoms with van der Waals surface area (Å²) in [5.74, 6) is 2.78. The standard InChI is InChI=1S/C19H20N2O2/c1-4-15-6-5-7-17(13-15)20-19(23)21(3)14(2)12-16-8-10-18(22)11-9-16/h1,5-11,13-14,22H,12H2,2-3H3,(H,20,23). The van der Waals surface area contributed by atoms with Crippen LogP contribution in [0.1, 0.15) is 18.1 Å². The lowest BCUT2D eigenvalue weighted by Gasteiger charge is -2.25. The molecule has 0 bridgehead atoms. The van der Waals surface area contributed by atoms with Gasteiger partial charge in [0.05, 0.1) is 0 Å². The number of benzene rings is 2. The average molecular weight is 308 g/mol. The molecule has 2 amide bonds. The fourth-order valence-corrected chi connectivity index (χ4v) is 2.21. The SMILES string of the molecule is C#Cc1cccc(NC(=O)N(C)C(C)Cc2ccc(O)cc2)c1. The summed E-state index contributed by atoms with van der Waals surface area (Å²) in [5, 5.41) is 12.2. The van der Waals surface area contributed by atoms with E-state index in [2.05, 4.69) is 11.2 Å². The first-order valence-corrected chi connectivity index (χ1v) is 7.38. The molecule has 0 aromatic heterocycles. The highest BCUT2D eigenvalue weighted by Gasteiger charge is 2.16. The molecule has 0 heterocycles. The monoisotopic (exact) mass is 308 g/mol. The number of hydrogen-bond acceptors (Lipinski definition) is 2. The summed E-state index contributed by atoms with van der Waals surface area (Å²) in [4.78, 5) is 14.0. The van der Waals surface area contributed by atoms with Crippen LogP contribution in [-0.4, -0.2) is 29.1 Å². The number of nitrogens with zero attached hydrogens (tertiary/aromatic N) is 1. The van der Waals surface area contributed by atoms with Gasteiger partial charge in [0.2, 0.25) is 0 Å². The number of hydrogen-bond donors (Lipinski definition) is 2. The summed E-state index contributed by atoms with van der Waals surface area (Å²) in [5.41, 5.74) is 2.46. The predicted molar refractivity (Wildman–Crippen MR) is 92.4 cm³/mol. The molecule has 1 atom stereocenters. The molecule has 2 aromatic carbocycles. The molecule has 2 rings (SSSR count). The Balaban J connectivity index is 1.98. The van der Waals surface area contributed by atoms with E-state index in [1.807, 2.05) is 31.2 Å². The quantitative estimate of drug-likeness (QED) is 0.850. The normalized spacial score (nSPS) is 11.3. The zero-order valence-corrected chi connectivity index (χ0v) is 13.3. The van der Waals surface area contributed by atoms with Gasteiger partial charge in [0.1, 0.15) is 5.75 Å². The van der Waals surface area contributed by atoms with Crippen LogP contribution in [0.15, 0.2) is 48.5 Å². The number of terminal acetylenes is 1. The third-order valence-electron chi connectivity index (χ3n) is 3.73. The molecular formula is C19H20N2O2. The van der Waals surface area contributed by atoms with Crippen molar-refractivity contribution >= 4 is 11.7 Å². The lowest BCUT2D eigenvalue weighted by atomic mass is 10.1. The summed E-state index contributed by atoms with van der Waals surface area (Å²) in [6.45, 7) is 1.98. The summed E-state index contributed by atoms with van der Waals surface area (Å²) in [7, 11) is 1.76. The molecule has 0 aliphatic heterocycles. The molecule has 0 fully saturated rings. The molecule has 0 saturated carbocycles. The van der Waals surface area contributed by atoms with Crippen LogP contribution < -0.4 is 5.32 Å². The van der Waals surface area contributed by atoms with E-state index < -0.39 is 0 Å². The zero-order valence-electron chi connectivity index (χ0n) is 13.3. The third kappa shape index (κ3) is 4.52.